The normalized spacial score (nSPS) is 18.2. The third-order valence-electron chi connectivity index (χ3n) is 3.11. The van der Waals surface area contributed by atoms with Crippen LogP contribution in [0.1, 0.15) is 6.42 Å². The zero-order valence-electron chi connectivity index (χ0n) is 9.95. The van der Waals surface area contributed by atoms with Crippen LogP contribution >= 0.6 is 0 Å². The lowest BCUT2D eigenvalue weighted by Crippen LogP contribution is -2.28. The van der Waals surface area contributed by atoms with Crippen molar-refractivity contribution in [3.63, 3.8) is 0 Å². The Hall–Kier alpha value is -1.95. The fourth-order valence-corrected chi connectivity index (χ4v) is 2.14. The molecule has 0 fully saturated rings. The second kappa shape index (κ2) is 4.73. The number of hydrogen-bond donors (Lipinski definition) is 2. The van der Waals surface area contributed by atoms with E-state index < -0.39 is 0 Å². The predicted molar refractivity (Wildman–Crippen MR) is 66.9 cm³/mol. The molecule has 2 N–H and O–H groups in total. The number of aromatic nitrogens is 4. The molecule has 0 aliphatic carbocycles. The van der Waals surface area contributed by atoms with Gasteiger partial charge in [0.25, 0.3) is 0 Å². The van der Waals surface area contributed by atoms with E-state index in [1.807, 2.05) is 16.8 Å². The highest BCUT2D eigenvalue weighted by molar-refractivity contribution is 5.54. The topological polar surface area (TPSA) is 75.9 Å². The van der Waals surface area contributed by atoms with Crippen LogP contribution in [-0.4, -0.2) is 38.0 Å². The smallest absolute Gasteiger partial charge is 0.221 e. The third kappa shape index (κ3) is 2.06. The molecule has 2 aromatic heterocycles. The number of nitrogens with zero attached hydrogens (tertiary/aromatic N) is 4. The number of pyridine rings is 1. The molecule has 0 spiro atoms. The van der Waals surface area contributed by atoms with E-state index in [9.17, 15) is 0 Å². The van der Waals surface area contributed by atoms with Crippen LogP contribution in [0.25, 0.3) is 11.4 Å². The number of aliphatic hydroxyl groups excluding tert-OH is 1. The van der Waals surface area contributed by atoms with Crippen molar-refractivity contribution < 1.29 is 5.11 Å². The lowest BCUT2D eigenvalue weighted by Gasteiger charge is -2.22. The number of aliphatic hydroxyl groups is 1. The fourth-order valence-electron chi connectivity index (χ4n) is 2.14. The molecule has 1 atom stereocenters. The van der Waals surface area contributed by atoms with Gasteiger partial charge in [0, 0.05) is 37.7 Å². The molecule has 3 heterocycles. The maximum Gasteiger partial charge on any atom is 0.221 e. The second-order valence-electron chi connectivity index (χ2n) is 4.44. The van der Waals surface area contributed by atoms with Gasteiger partial charge < -0.3 is 10.4 Å². The van der Waals surface area contributed by atoms with Crippen LogP contribution in [0.4, 0.5) is 5.95 Å². The van der Waals surface area contributed by atoms with Crippen LogP contribution in [0, 0.1) is 5.92 Å². The molecule has 1 unspecified atom stereocenters. The molecule has 0 radical (unpaired) electrons. The zero-order chi connectivity index (χ0) is 12.4. The average molecular weight is 245 g/mol. The minimum atomic E-state index is 0.214. The maximum atomic E-state index is 8.97. The van der Waals surface area contributed by atoms with Gasteiger partial charge in [-0.05, 0) is 24.5 Å². The van der Waals surface area contributed by atoms with Crippen molar-refractivity contribution in [1.29, 1.82) is 0 Å². The molecular formula is C12H15N5O. The summed E-state index contributed by atoms with van der Waals surface area (Å²) in [6.45, 7) is 1.85. The van der Waals surface area contributed by atoms with Gasteiger partial charge in [0.1, 0.15) is 0 Å². The molecule has 6 heteroatoms. The van der Waals surface area contributed by atoms with E-state index in [0.717, 1.165) is 31.0 Å². The van der Waals surface area contributed by atoms with E-state index in [0.29, 0.717) is 11.7 Å². The van der Waals surface area contributed by atoms with Crippen LogP contribution in [0.5, 0.6) is 0 Å². The molecule has 1 aliphatic heterocycles. The van der Waals surface area contributed by atoms with Gasteiger partial charge in [-0.25, -0.2) is 4.68 Å². The van der Waals surface area contributed by atoms with Gasteiger partial charge in [-0.1, -0.05) is 0 Å². The fraction of sp³-hybridized carbons (Fsp3) is 0.417. The molecule has 6 nitrogen and oxygen atoms in total. The average Bonchev–Trinajstić information content (AvgIpc) is 2.83. The molecule has 0 bridgehead atoms. The standard InChI is InChI=1S/C12H15N5O/c18-5-3-9-6-14-12-15-11(16-17(12)8-9)10-2-1-4-13-7-10/h1-2,4,7,9,18H,3,5-6,8H2,(H,14,15,16). The highest BCUT2D eigenvalue weighted by Gasteiger charge is 2.21. The molecule has 0 aromatic carbocycles. The summed E-state index contributed by atoms with van der Waals surface area (Å²) in [6.07, 6.45) is 4.27. The van der Waals surface area contributed by atoms with Crippen LogP contribution in [0.15, 0.2) is 24.5 Å². The first kappa shape index (κ1) is 11.2. The lowest BCUT2D eigenvalue weighted by atomic mass is 10.1. The van der Waals surface area contributed by atoms with E-state index in [4.69, 9.17) is 5.11 Å². The molecule has 1 aliphatic rings. The van der Waals surface area contributed by atoms with Crippen molar-refractivity contribution in [1.82, 2.24) is 19.7 Å². The Morgan fingerprint density at radius 3 is 3.22 bits per heavy atom. The van der Waals surface area contributed by atoms with E-state index in [-0.39, 0.29) is 6.61 Å². The number of hydrogen-bond acceptors (Lipinski definition) is 5. The van der Waals surface area contributed by atoms with Gasteiger partial charge in [-0.15, -0.1) is 5.10 Å². The van der Waals surface area contributed by atoms with E-state index in [2.05, 4.69) is 20.4 Å². The summed E-state index contributed by atoms with van der Waals surface area (Å²) in [5.41, 5.74) is 0.917. The largest absolute Gasteiger partial charge is 0.396 e. The zero-order valence-corrected chi connectivity index (χ0v) is 9.95. The third-order valence-corrected chi connectivity index (χ3v) is 3.11. The number of fused-ring (bicyclic) bond motifs is 1. The molecule has 0 amide bonds. The van der Waals surface area contributed by atoms with Crippen LogP contribution < -0.4 is 5.32 Å². The molecular weight excluding hydrogens is 230 g/mol. The first-order valence-electron chi connectivity index (χ1n) is 6.07. The Balaban J connectivity index is 1.85. The van der Waals surface area contributed by atoms with Crippen molar-refractivity contribution in [3.05, 3.63) is 24.5 Å². The summed E-state index contributed by atoms with van der Waals surface area (Å²) in [5.74, 6) is 1.89. The van der Waals surface area contributed by atoms with Gasteiger partial charge in [0.2, 0.25) is 5.95 Å². The number of nitrogens with one attached hydrogen (secondary N) is 1. The Morgan fingerprint density at radius 1 is 1.50 bits per heavy atom. The summed E-state index contributed by atoms with van der Waals surface area (Å²) in [6, 6.07) is 3.82. The minimum Gasteiger partial charge on any atom is -0.396 e. The lowest BCUT2D eigenvalue weighted by molar-refractivity contribution is 0.244. The summed E-state index contributed by atoms with van der Waals surface area (Å²) in [7, 11) is 0. The monoisotopic (exact) mass is 245 g/mol. The molecule has 3 rings (SSSR count). The van der Waals surface area contributed by atoms with Gasteiger partial charge in [0.15, 0.2) is 5.82 Å². The molecule has 2 aromatic rings. The second-order valence-corrected chi connectivity index (χ2v) is 4.44. The van der Waals surface area contributed by atoms with Crippen LogP contribution in [0.3, 0.4) is 0 Å². The Bertz CT molecular complexity index is 525. The molecule has 0 saturated carbocycles. The molecule has 0 saturated heterocycles. The van der Waals surface area contributed by atoms with Crippen LogP contribution in [0.2, 0.25) is 0 Å². The maximum absolute atomic E-state index is 8.97. The van der Waals surface area contributed by atoms with Gasteiger partial charge in [-0.3, -0.25) is 4.98 Å². The first-order chi connectivity index (χ1) is 8.86. The SMILES string of the molecule is OCCC1CNc2nc(-c3cccnc3)nn2C1. The minimum absolute atomic E-state index is 0.214. The summed E-state index contributed by atoms with van der Waals surface area (Å²) >= 11 is 0. The predicted octanol–water partition coefficient (Wildman–Crippen LogP) is 0.764. The Labute approximate surface area is 105 Å². The summed E-state index contributed by atoms with van der Waals surface area (Å²) < 4.78 is 1.87. The van der Waals surface area contributed by atoms with E-state index >= 15 is 0 Å². The number of anilines is 1. The van der Waals surface area contributed by atoms with Crippen molar-refractivity contribution in [2.24, 2.45) is 5.92 Å². The first-order valence-corrected chi connectivity index (χ1v) is 6.07. The Kier molecular flexibility index (Phi) is 2.93. The number of rotatable bonds is 3. The Morgan fingerprint density at radius 2 is 2.44 bits per heavy atom. The van der Waals surface area contributed by atoms with Crippen LogP contribution in [-0.2, 0) is 6.54 Å². The summed E-state index contributed by atoms with van der Waals surface area (Å²) in [4.78, 5) is 8.52. The highest BCUT2D eigenvalue weighted by Crippen LogP contribution is 2.21. The summed E-state index contributed by atoms with van der Waals surface area (Å²) in [5, 5.41) is 16.7. The van der Waals surface area contributed by atoms with Crippen molar-refractivity contribution >= 4 is 5.95 Å². The van der Waals surface area contributed by atoms with E-state index in [1.165, 1.54) is 0 Å². The van der Waals surface area contributed by atoms with Crippen molar-refractivity contribution in [2.45, 2.75) is 13.0 Å². The molecule has 18 heavy (non-hydrogen) atoms. The van der Waals surface area contributed by atoms with Gasteiger partial charge in [-0.2, -0.15) is 4.98 Å². The quantitative estimate of drug-likeness (QED) is 0.835. The highest BCUT2D eigenvalue weighted by atomic mass is 16.3. The van der Waals surface area contributed by atoms with Crippen molar-refractivity contribution in [2.75, 3.05) is 18.5 Å². The molecule has 94 valence electrons. The van der Waals surface area contributed by atoms with Crippen molar-refractivity contribution in [3.8, 4) is 11.4 Å². The van der Waals surface area contributed by atoms with Gasteiger partial charge >= 0.3 is 0 Å². The van der Waals surface area contributed by atoms with E-state index in [1.54, 1.807) is 12.4 Å². The van der Waals surface area contributed by atoms with Gasteiger partial charge in [0.05, 0.1) is 0 Å².